The van der Waals surface area contributed by atoms with Crippen LogP contribution in [0.1, 0.15) is 32.6 Å². The minimum atomic E-state index is -0.282. The monoisotopic (exact) mass is 196 g/mol. The first-order chi connectivity index (χ1) is 6.77. The molecule has 3 nitrogen and oxygen atoms in total. The lowest BCUT2D eigenvalue weighted by Crippen LogP contribution is -2.30. The highest BCUT2D eigenvalue weighted by molar-refractivity contribution is 4.81. The fraction of sp³-hybridized carbons (Fsp3) is 0.909. The fourth-order valence-corrected chi connectivity index (χ4v) is 2.12. The third-order valence-electron chi connectivity index (χ3n) is 3.11. The van der Waals surface area contributed by atoms with Crippen LogP contribution in [0.2, 0.25) is 0 Å². The molecular formula is C11H20N2O. The number of ether oxygens (including phenoxy) is 1. The summed E-state index contributed by atoms with van der Waals surface area (Å²) in [5.41, 5.74) is 5.71. The van der Waals surface area contributed by atoms with Crippen LogP contribution in [0.15, 0.2) is 0 Å². The van der Waals surface area contributed by atoms with Crippen LogP contribution in [0, 0.1) is 23.2 Å². The second kappa shape index (κ2) is 6.00. The van der Waals surface area contributed by atoms with Gasteiger partial charge < -0.3 is 10.5 Å². The largest absolute Gasteiger partial charge is 0.363 e. The van der Waals surface area contributed by atoms with E-state index in [0.717, 1.165) is 6.54 Å². The molecule has 0 aromatic carbocycles. The quantitative estimate of drug-likeness (QED) is 0.744. The van der Waals surface area contributed by atoms with E-state index in [1.807, 2.05) is 0 Å². The molecule has 0 aromatic heterocycles. The molecule has 0 bridgehead atoms. The van der Waals surface area contributed by atoms with Gasteiger partial charge >= 0.3 is 0 Å². The summed E-state index contributed by atoms with van der Waals surface area (Å²) in [6, 6.07) is 2.08. The first kappa shape index (κ1) is 11.5. The van der Waals surface area contributed by atoms with Crippen LogP contribution in [0.4, 0.5) is 0 Å². The van der Waals surface area contributed by atoms with E-state index in [9.17, 15) is 0 Å². The van der Waals surface area contributed by atoms with Gasteiger partial charge in [0, 0.05) is 0 Å². The van der Waals surface area contributed by atoms with Gasteiger partial charge in [-0.1, -0.05) is 12.8 Å². The zero-order valence-electron chi connectivity index (χ0n) is 8.91. The maximum absolute atomic E-state index is 8.59. The molecule has 14 heavy (non-hydrogen) atoms. The lowest BCUT2D eigenvalue weighted by Gasteiger charge is -2.30. The summed E-state index contributed by atoms with van der Waals surface area (Å²) in [6.07, 6.45) is 4.73. The van der Waals surface area contributed by atoms with Crippen molar-refractivity contribution in [2.45, 2.75) is 38.7 Å². The van der Waals surface area contributed by atoms with Gasteiger partial charge in [0.15, 0.2) is 0 Å². The van der Waals surface area contributed by atoms with Crippen molar-refractivity contribution < 1.29 is 4.74 Å². The van der Waals surface area contributed by atoms with Crippen molar-refractivity contribution in [3.63, 3.8) is 0 Å². The van der Waals surface area contributed by atoms with Crippen LogP contribution < -0.4 is 5.73 Å². The molecular weight excluding hydrogens is 176 g/mol. The summed E-state index contributed by atoms with van der Waals surface area (Å²) in [7, 11) is 0. The first-order valence-corrected chi connectivity index (χ1v) is 5.49. The van der Waals surface area contributed by atoms with Gasteiger partial charge in [-0.3, -0.25) is 0 Å². The Morgan fingerprint density at radius 2 is 2.07 bits per heavy atom. The number of nitrogens with two attached hydrogens (primary N) is 1. The molecule has 0 aliphatic heterocycles. The number of nitrogens with zero attached hydrogens (tertiary/aromatic N) is 1. The second-order valence-corrected chi connectivity index (χ2v) is 4.14. The first-order valence-electron chi connectivity index (χ1n) is 5.49. The Balaban J connectivity index is 2.30. The number of hydrogen-bond acceptors (Lipinski definition) is 3. The Kier molecular flexibility index (Phi) is 4.92. The maximum Gasteiger partial charge on any atom is 0.141 e. The van der Waals surface area contributed by atoms with E-state index < -0.39 is 0 Å². The van der Waals surface area contributed by atoms with Crippen LogP contribution in [-0.4, -0.2) is 19.3 Å². The van der Waals surface area contributed by atoms with Gasteiger partial charge in [0.05, 0.1) is 12.7 Å². The Labute approximate surface area is 86.2 Å². The summed E-state index contributed by atoms with van der Waals surface area (Å²) in [5.74, 6) is 1.18. The molecule has 1 rings (SSSR count). The molecule has 3 unspecified atom stereocenters. The predicted molar refractivity (Wildman–Crippen MR) is 55.5 cm³/mol. The van der Waals surface area contributed by atoms with E-state index in [1.165, 1.54) is 25.7 Å². The van der Waals surface area contributed by atoms with Crippen molar-refractivity contribution in [2.24, 2.45) is 17.6 Å². The van der Waals surface area contributed by atoms with E-state index in [-0.39, 0.29) is 6.10 Å². The molecule has 0 saturated heterocycles. The summed E-state index contributed by atoms with van der Waals surface area (Å²) >= 11 is 0. The van der Waals surface area contributed by atoms with E-state index in [2.05, 4.69) is 6.07 Å². The van der Waals surface area contributed by atoms with Crippen molar-refractivity contribution in [1.29, 1.82) is 5.26 Å². The van der Waals surface area contributed by atoms with Gasteiger partial charge in [0.1, 0.15) is 6.10 Å². The molecule has 1 aliphatic rings. The molecule has 1 aliphatic carbocycles. The van der Waals surface area contributed by atoms with Crippen molar-refractivity contribution in [1.82, 2.24) is 0 Å². The Morgan fingerprint density at radius 1 is 1.43 bits per heavy atom. The average Bonchev–Trinajstić information content (AvgIpc) is 2.26. The topological polar surface area (TPSA) is 59.0 Å². The van der Waals surface area contributed by atoms with E-state index in [0.29, 0.717) is 18.4 Å². The van der Waals surface area contributed by atoms with E-state index >= 15 is 0 Å². The average molecular weight is 196 g/mol. The summed E-state index contributed by atoms with van der Waals surface area (Å²) in [5, 5.41) is 8.59. The van der Waals surface area contributed by atoms with Gasteiger partial charge in [-0.15, -0.1) is 0 Å². The molecule has 2 N–H and O–H groups in total. The Morgan fingerprint density at radius 3 is 2.64 bits per heavy atom. The summed E-state index contributed by atoms with van der Waals surface area (Å²) in [6.45, 7) is 3.26. The minimum Gasteiger partial charge on any atom is -0.363 e. The number of hydrogen-bond donors (Lipinski definition) is 1. The van der Waals surface area contributed by atoms with Crippen molar-refractivity contribution in [2.75, 3.05) is 13.2 Å². The Bertz CT molecular complexity index is 200. The van der Waals surface area contributed by atoms with Crippen molar-refractivity contribution in [3.8, 4) is 6.07 Å². The summed E-state index contributed by atoms with van der Waals surface area (Å²) < 4.78 is 5.45. The highest BCUT2D eigenvalue weighted by Crippen LogP contribution is 2.29. The van der Waals surface area contributed by atoms with Crippen LogP contribution in [0.3, 0.4) is 0 Å². The maximum atomic E-state index is 8.59. The standard InChI is InChI=1S/C11H20N2O/c1-9(6-12)14-8-11-5-3-2-4-10(11)7-13/h9-11H,2-5,7-8,13H2,1H3. The summed E-state index contributed by atoms with van der Waals surface area (Å²) in [4.78, 5) is 0. The lowest BCUT2D eigenvalue weighted by atomic mass is 9.80. The third-order valence-corrected chi connectivity index (χ3v) is 3.11. The van der Waals surface area contributed by atoms with Gasteiger partial charge in [-0.25, -0.2) is 0 Å². The molecule has 0 heterocycles. The SMILES string of the molecule is CC(C#N)OCC1CCCCC1CN. The van der Waals surface area contributed by atoms with Gasteiger partial charge in [-0.05, 0) is 38.1 Å². The Hall–Kier alpha value is -0.590. The number of rotatable bonds is 4. The van der Waals surface area contributed by atoms with E-state index in [1.54, 1.807) is 6.92 Å². The normalized spacial score (nSPS) is 29.5. The molecule has 1 saturated carbocycles. The fourth-order valence-electron chi connectivity index (χ4n) is 2.12. The van der Waals surface area contributed by atoms with Crippen LogP contribution in [0.25, 0.3) is 0 Å². The van der Waals surface area contributed by atoms with Crippen LogP contribution in [0.5, 0.6) is 0 Å². The zero-order valence-corrected chi connectivity index (χ0v) is 8.91. The van der Waals surface area contributed by atoms with Crippen LogP contribution in [-0.2, 0) is 4.74 Å². The van der Waals surface area contributed by atoms with Gasteiger partial charge in [0.2, 0.25) is 0 Å². The van der Waals surface area contributed by atoms with Crippen molar-refractivity contribution >= 4 is 0 Å². The molecule has 0 amide bonds. The van der Waals surface area contributed by atoms with Crippen molar-refractivity contribution in [3.05, 3.63) is 0 Å². The zero-order chi connectivity index (χ0) is 10.4. The van der Waals surface area contributed by atoms with Crippen LogP contribution >= 0.6 is 0 Å². The highest BCUT2D eigenvalue weighted by atomic mass is 16.5. The second-order valence-electron chi connectivity index (χ2n) is 4.14. The highest BCUT2D eigenvalue weighted by Gasteiger charge is 2.24. The molecule has 0 spiro atoms. The molecule has 1 fully saturated rings. The van der Waals surface area contributed by atoms with E-state index in [4.69, 9.17) is 15.7 Å². The molecule has 3 atom stereocenters. The van der Waals surface area contributed by atoms with Gasteiger partial charge in [0.25, 0.3) is 0 Å². The molecule has 3 heteroatoms. The lowest BCUT2D eigenvalue weighted by molar-refractivity contribution is 0.0396. The smallest absolute Gasteiger partial charge is 0.141 e. The molecule has 80 valence electrons. The molecule has 0 aromatic rings. The van der Waals surface area contributed by atoms with Gasteiger partial charge in [-0.2, -0.15) is 5.26 Å². The predicted octanol–water partition coefficient (Wildman–Crippen LogP) is 1.68. The minimum absolute atomic E-state index is 0.282. The number of nitriles is 1. The third kappa shape index (κ3) is 3.28. The molecule has 0 radical (unpaired) electrons.